The van der Waals surface area contributed by atoms with Crippen LogP contribution in [-0.2, 0) is 9.53 Å². The van der Waals surface area contributed by atoms with Crippen molar-refractivity contribution in [2.75, 3.05) is 6.61 Å². The molecule has 1 aliphatic heterocycles. The first-order valence-corrected chi connectivity index (χ1v) is 5.13. The lowest BCUT2D eigenvalue weighted by Crippen LogP contribution is -2.55. The Balaban J connectivity index is 2.54. The zero-order valence-corrected chi connectivity index (χ0v) is 8.99. The molecule has 0 aromatic rings. The molecular weight excluding hydrogens is 182 g/mol. The van der Waals surface area contributed by atoms with E-state index in [0.29, 0.717) is 6.61 Å². The predicted octanol–water partition coefficient (Wildman–Crippen LogP) is 0.297. The van der Waals surface area contributed by atoms with Crippen LogP contribution in [0.25, 0.3) is 0 Å². The fourth-order valence-corrected chi connectivity index (χ4v) is 1.94. The second kappa shape index (κ2) is 4.75. The Morgan fingerprint density at radius 2 is 2.29 bits per heavy atom. The highest BCUT2D eigenvalue weighted by Gasteiger charge is 2.35. The second-order valence-electron chi connectivity index (χ2n) is 3.94. The summed E-state index contributed by atoms with van der Waals surface area (Å²) < 4.78 is 5.55. The van der Waals surface area contributed by atoms with Crippen LogP contribution in [0, 0.1) is 5.92 Å². The number of nitrogens with one attached hydrogen (secondary N) is 1. The molecule has 4 nitrogen and oxygen atoms in total. The molecular formula is C10H19NO3. The summed E-state index contributed by atoms with van der Waals surface area (Å²) in [5, 5.41) is 12.6. The number of carbonyl (C=O) groups excluding carboxylic acids is 1. The van der Waals surface area contributed by atoms with E-state index in [4.69, 9.17) is 4.74 Å². The molecule has 0 aromatic heterocycles. The molecule has 0 unspecified atom stereocenters. The van der Waals surface area contributed by atoms with Crippen molar-refractivity contribution in [3.05, 3.63) is 0 Å². The number of hydrogen-bond acceptors (Lipinski definition) is 3. The van der Waals surface area contributed by atoms with Crippen molar-refractivity contribution in [1.82, 2.24) is 5.32 Å². The van der Waals surface area contributed by atoms with Crippen LogP contribution >= 0.6 is 0 Å². The molecule has 0 saturated carbocycles. The summed E-state index contributed by atoms with van der Waals surface area (Å²) in [5.41, 5.74) is 0. The average Bonchev–Trinajstić information content (AvgIpc) is 2.13. The van der Waals surface area contributed by atoms with Crippen molar-refractivity contribution in [2.24, 2.45) is 5.92 Å². The molecule has 4 atom stereocenters. The van der Waals surface area contributed by atoms with Crippen LogP contribution in [0.4, 0.5) is 0 Å². The lowest BCUT2D eigenvalue weighted by molar-refractivity contribution is -0.130. The van der Waals surface area contributed by atoms with Gasteiger partial charge >= 0.3 is 0 Å². The van der Waals surface area contributed by atoms with Crippen LogP contribution < -0.4 is 5.32 Å². The van der Waals surface area contributed by atoms with Gasteiger partial charge in [0.1, 0.15) is 0 Å². The maximum atomic E-state index is 10.8. The number of aliphatic hydroxyl groups is 1. The van der Waals surface area contributed by atoms with Crippen molar-refractivity contribution in [1.29, 1.82) is 0 Å². The maximum Gasteiger partial charge on any atom is 0.217 e. The van der Waals surface area contributed by atoms with Crippen molar-refractivity contribution in [3.63, 3.8) is 0 Å². The van der Waals surface area contributed by atoms with E-state index in [2.05, 4.69) is 5.32 Å². The Morgan fingerprint density at radius 1 is 1.64 bits per heavy atom. The minimum absolute atomic E-state index is 0.0746. The molecule has 4 heteroatoms. The minimum atomic E-state index is -0.502. The minimum Gasteiger partial charge on any atom is -0.391 e. The molecule has 1 saturated heterocycles. The highest BCUT2D eigenvalue weighted by Crippen LogP contribution is 2.23. The van der Waals surface area contributed by atoms with Crippen LogP contribution in [-0.4, -0.2) is 35.9 Å². The first-order valence-electron chi connectivity index (χ1n) is 5.13. The lowest BCUT2D eigenvalue weighted by atomic mass is 9.89. The summed E-state index contributed by atoms with van der Waals surface area (Å²) in [6.07, 6.45) is 0.498. The molecule has 82 valence electrons. The van der Waals surface area contributed by atoms with E-state index in [-0.39, 0.29) is 24.0 Å². The third-order valence-electron chi connectivity index (χ3n) is 2.82. The third kappa shape index (κ3) is 2.45. The van der Waals surface area contributed by atoms with Gasteiger partial charge in [-0.1, -0.05) is 13.8 Å². The third-order valence-corrected chi connectivity index (χ3v) is 2.82. The summed E-state index contributed by atoms with van der Waals surface area (Å²) in [7, 11) is 0. The zero-order chi connectivity index (χ0) is 10.7. The highest BCUT2D eigenvalue weighted by atomic mass is 16.5. The second-order valence-corrected chi connectivity index (χ2v) is 3.94. The molecule has 1 heterocycles. The first kappa shape index (κ1) is 11.5. The molecule has 0 aliphatic carbocycles. The predicted molar refractivity (Wildman–Crippen MR) is 52.8 cm³/mol. The summed E-state index contributed by atoms with van der Waals surface area (Å²) in [5.74, 6) is -0.0506. The number of ether oxygens (including phenoxy) is 1. The van der Waals surface area contributed by atoms with Gasteiger partial charge in [0.05, 0.1) is 24.9 Å². The van der Waals surface area contributed by atoms with Gasteiger partial charge in [-0.2, -0.15) is 0 Å². The molecule has 1 fully saturated rings. The van der Waals surface area contributed by atoms with Gasteiger partial charge in [0.25, 0.3) is 0 Å². The van der Waals surface area contributed by atoms with Gasteiger partial charge in [0.2, 0.25) is 5.91 Å². The molecule has 0 aromatic carbocycles. The van der Waals surface area contributed by atoms with Gasteiger partial charge in [-0.25, -0.2) is 0 Å². The fraction of sp³-hybridized carbons (Fsp3) is 0.900. The highest BCUT2D eigenvalue weighted by molar-refractivity contribution is 5.73. The smallest absolute Gasteiger partial charge is 0.217 e. The van der Waals surface area contributed by atoms with Gasteiger partial charge in [0.15, 0.2) is 0 Å². The van der Waals surface area contributed by atoms with Gasteiger partial charge in [-0.15, -0.1) is 0 Å². The standard InChI is InChI=1S/C10H19NO3/c1-4-9-6(2)10(13)8(5-14-9)11-7(3)12/h6,8-10,13H,4-5H2,1-3H3,(H,11,12)/t6-,8-,9+,10-/m0/s1. The average molecular weight is 201 g/mol. The molecule has 0 bridgehead atoms. The van der Waals surface area contributed by atoms with Crippen LogP contribution in [0.5, 0.6) is 0 Å². The van der Waals surface area contributed by atoms with E-state index in [1.54, 1.807) is 0 Å². The monoisotopic (exact) mass is 201 g/mol. The molecule has 14 heavy (non-hydrogen) atoms. The Labute approximate surface area is 84.6 Å². The maximum absolute atomic E-state index is 10.8. The Bertz CT molecular complexity index is 208. The zero-order valence-electron chi connectivity index (χ0n) is 8.99. The summed E-state index contributed by atoms with van der Waals surface area (Å²) in [4.78, 5) is 10.8. The van der Waals surface area contributed by atoms with Crippen molar-refractivity contribution in [3.8, 4) is 0 Å². The molecule has 1 aliphatic rings. The van der Waals surface area contributed by atoms with Crippen molar-refractivity contribution >= 4 is 5.91 Å². The van der Waals surface area contributed by atoms with Gasteiger partial charge in [0, 0.05) is 12.8 Å². The van der Waals surface area contributed by atoms with Crippen LogP contribution in [0.3, 0.4) is 0 Å². The van der Waals surface area contributed by atoms with Gasteiger partial charge in [-0.05, 0) is 6.42 Å². The Kier molecular flexibility index (Phi) is 3.89. The molecule has 0 spiro atoms. The van der Waals surface area contributed by atoms with Gasteiger partial charge < -0.3 is 15.2 Å². The van der Waals surface area contributed by atoms with E-state index in [1.807, 2.05) is 13.8 Å². The summed E-state index contributed by atoms with van der Waals surface area (Å²) >= 11 is 0. The fourth-order valence-electron chi connectivity index (χ4n) is 1.94. The molecule has 2 N–H and O–H groups in total. The Hall–Kier alpha value is -0.610. The quantitative estimate of drug-likeness (QED) is 0.675. The SMILES string of the molecule is CC[C@H]1OC[C@H](NC(C)=O)[C@@H](O)[C@H]1C. The number of hydrogen-bond donors (Lipinski definition) is 2. The van der Waals surface area contributed by atoms with Gasteiger partial charge in [-0.3, -0.25) is 4.79 Å². The summed E-state index contributed by atoms with van der Waals surface area (Å²) in [6.45, 7) is 5.84. The van der Waals surface area contributed by atoms with E-state index >= 15 is 0 Å². The van der Waals surface area contributed by atoms with E-state index in [1.165, 1.54) is 6.92 Å². The van der Waals surface area contributed by atoms with Crippen molar-refractivity contribution in [2.45, 2.75) is 45.4 Å². The number of amides is 1. The van der Waals surface area contributed by atoms with Crippen molar-refractivity contribution < 1.29 is 14.6 Å². The molecule has 0 radical (unpaired) electrons. The van der Waals surface area contributed by atoms with Crippen LogP contribution in [0.1, 0.15) is 27.2 Å². The topological polar surface area (TPSA) is 58.6 Å². The largest absolute Gasteiger partial charge is 0.391 e. The van der Waals surface area contributed by atoms with E-state index in [9.17, 15) is 9.90 Å². The van der Waals surface area contributed by atoms with E-state index < -0.39 is 6.10 Å². The Morgan fingerprint density at radius 3 is 2.79 bits per heavy atom. The lowest BCUT2D eigenvalue weighted by Gasteiger charge is -2.38. The number of carbonyl (C=O) groups is 1. The number of rotatable bonds is 2. The number of aliphatic hydroxyl groups excluding tert-OH is 1. The first-order chi connectivity index (χ1) is 6.56. The molecule has 1 amide bonds. The molecule has 1 rings (SSSR count). The van der Waals surface area contributed by atoms with Crippen LogP contribution in [0.15, 0.2) is 0 Å². The normalized spacial score (nSPS) is 38.0. The van der Waals surface area contributed by atoms with E-state index in [0.717, 1.165) is 6.42 Å². The van der Waals surface area contributed by atoms with Crippen LogP contribution in [0.2, 0.25) is 0 Å². The summed E-state index contributed by atoms with van der Waals surface area (Å²) in [6, 6.07) is -0.259.